The summed E-state index contributed by atoms with van der Waals surface area (Å²) in [6, 6.07) is 16.5. The van der Waals surface area contributed by atoms with E-state index in [1.165, 1.54) is 6.08 Å². The summed E-state index contributed by atoms with van der Waals surface area (Å²) in [7, 11) is 1.60. The van der Waals surface area contributed by atoms with Gasteiger partial charge in [0.05, 0.1) is 7.11 Å². The van der Waals surface area contributed by atoms with Gasteiger partial charge >= 0.3 is 5.97 Å². The Balaban J connectivity index is 1.67. The number of carbonyl (C=O) groups excluding carboxylic acids is 2. The van der Waals surface area contributed by atoms with Gasteiger partial charge in [0.15, 0.2) is 0 Å². The van der Waals surface area contributed by atoms with Crippen LogP contribution in [0, 0.1) is 0 Å². The normalized spacial score (nSPS) is 14.7. The number of amides is 1. The van der Waals surface area contributed by atoms with Gasteiger partial charge in [-0.2, -0.15) is 0 Å². The van der Waals surface area contributed by atoms with E-state index in [0.29, 0.717) is 5.56 Å². The van der Waals surface area contributed by atoms with E-state index in [0.717, 1.165) is 24.2 Å². The van der Waals surface area contributed by atoms with Crippen molar-refractivity contribution in [2.45, 2.75) is 25.0 Å². The Kier molecular flexibility index (Phi) is 5.69. The Morgan fingerprint density at radius 1 is 1.08 bits per heavy atom. The van der Waals surface area contributed by atoms with Crippen LogP contribution in [-0.4, -0.2) is 25.0 Å². The highest BCUT2D eigenvalue weighted by Crippen LogP contribution is 2.23. The molecule has 2 aromatic rings. The van der Waals surface area contributed by atoms with Crippen LogP contribution >= 0.6 is 0 Å². The van der Waals surface area contributed by atoms with Crippen molar-refractivity contribution in [3.8, 4) is 5.75 Å². The van der Waals surface area contributed by atoms with Crippen molar-refractivity contribution < 1.29 is 19.1 Å². The highest BCUT2D eigenvalue weighted by molar-refractivity contribution is 5.91. The minimum atomic E-state index is -0.954. The molecule has 1 saturated carbocycles. The second-order valence-corrected chi connectivity index (χ2v) is 6.12. The molecule has 0 unspecified atom stereocenters. The SMILES string of the molecule is COc1ccc(/C=C/C(=O)O[C@@H](C(=O)NC2CC2)c2ccccc2)cc1. The molecule has 2 aromatic carbocycles. The third-order valence-corrected chi connectivity index (χ3v) is 4.03. The lowest BCUT2D eigenvalue weighted by molar-refractivity contribution is -0.151. The zero-order chi connectivity index (χ0) is 18.4. The third-order valence-electron chi connectivity index (χ3n) is 4.03. The van der Waals surface area contributed by atoms with Crippen LogP contribution in [0.25, 0.3) is 6.08 Å². The maximum absolute atomic E-state index is 12.4. The molecule has 0 aliphatic heterocycles. The fraction of sp³-hybridized carbons (Fsp3) is 0.238. The van der Waals surface area contributed by atoms with Crippen molar-refractivity contribution in [3.05, 3.63) is 71.8 Å². The van der Waals surface area contributed by atoms with Crippen LogP contribution < -0.4 is 10.1 Å². The number of hydrogen-bond donors (Lipinski definition) is 1. The van der Waals surface area contributed by atoms with Crippen LogP contribution in [0.3, 0.4) is 0 Å². The van der Waals surface area contributed by atoms with Crippen molar-refractivity contribution in [1.29, 1.82) is 0 Å². The first-order valence-corrected chi connectivity index (χ1v) is 8.54. The summed E-state index contributed by atoms with van der Waals surface area (Å²) in [5.41, 5.74) is 1.48. The van der Waals surface area contributed by atoms with Crippen molar-refractivity contribution in [3.63, 3.8) is 0 Å². The summed E-state index contributed by atoms with van der Waals surface area (Å²) >= 11 is 0. The Morgan fingerprint density at radius 3 is 2.38 bits per heavy atom. The molecule has 134 valence electrons. The van der Waals surface area contributed by atoms with Gasteiger partial charge in [-0.1, -0.05) is 42.5 Å². The maximum Gasteiger partial charge on any atom is 0.331 e. The standard InChI is InChI=1S/C21H21NO4/c1-25-18-12-7-15(8-13-18)9-14-19(23)26-20(16-5-3-2-4-6-16)21(24)22-17-10-11-17/h2-9,12-14,17,20H,10-11H2,1H3,(H,22,24)/b14-9+/t20-/m1/s1. The molecule has 1 fully saturated rings. The number of hydrogen-bond acceptors (Lipinski definition) is 4. The van der Waals surface area contributed by atoms with Crippen LogP contribution in [0.4, 0.5) is 0 Å². The number of ether oxygens (including phenoxy) is 2. The molecule has 1 aliphatic carbocycles. The Morgan fingerprint density at radius 2 is 1.77 bits per heavy atom. The molecule has 1 N–H and O–H groups in total. The Hall–Kier alpha value is -3.08. The maximum atomic E-state index is 12.4. The van der Waals surface area contributed by atoms with Gasteiger partial charge in [0.1, 0.15) is 5.75 Å². The summed E-state index contributed by atoms with van der Waals surface area (Å²) in [5, 5.41) is 2.89. The average molecular weight is 351 g/mol. The zero-order valence-electron chi connectivity index (χ0n) is 14.6. The van der Waals surface area contributed by atoms with E-state index in [1.807, 2.05) is 30.3 Å². The van der Waals surface area contributed by atoms with Gasteiger partial charge in [-0.05, 0) is 36.6 Å². The Bertz CT molecular complexity index is 779. The molecule has 0 bridgehead atoms. The second kappa shape index (κ2) is 8.34. The van der Waals surface area contributed by atoms with Crippen molar-refractivity contribution in [2.75, 3.05) is 7.11 Å². The molecule has 0 saturated heterocycles. The molecule has 1 amide bonds. The van der Waals surface area contributed by atoms with Gasteiger partial charge < -0.3 is 14.8 Å². The minimum absolute atomic E-state index is 0.197. The smallest absolute Gasteiger partial charge is 0.331 e. The number of esters is 1. The van der Waals surface area contributed by atoms with Gasteiger partial charge in [-0.15, -0.1) is 0 Å². The molecular formula is C21H21NO4. The van der Waals surface area contributed by atoms with E-state index in [1.54, 1.807) is 37.5 Å². The summed E-state index contributed by atoms with van der Waals surface area (Å²) in [6.45, 7) is 0. The van der Waals surface area contributed by atoms with Crippen LogP contribution in [0.1, 0.15) is 30.1 Å². The van der Waals surface area contributed by atoms with Crippen molar-refractivity contribution >= 4 is 18.0 Å². The molecule has 1 aliphatic rings. The molecule has 0 radical (unpaired) electrons. The fourth-order valence-corrected chi connectivity index (χ4v) is 2.44. The number of rotatable bonds is 7. The minimum Gasteiger partial charge on any atom is -0.497 e. The molecule has 1 atom stereocenters. The number of nitrogens with one attached hydrogen (secondary N) is 1. The molecule has 26 heavy (non-hydrogen) atoms. The number of benzene rings is 2. The zero-order valence-corrected chi connectivity index (χ0v) is 14.6. The van der Waals surface area contributed by atoms with Crippen LogP contribution in [0.2, 0.25) is 0 Å². The molecule has 0 heterocycles. The highest BCUT2D eigenvalue weighted by Gasteiger charge is 2.30. The van der Waals surface area contributed by atoms with Gasteiger partial charge in [0.2, 0.25) is 6.10 Å². The quantitative estimate of drug-likeness (QED) is 0.614. The first kappa shape index (κ1) is 17.7. The van der Waals surface area contributed by atoms with E-state index in [2.05, 4.69) is 5.32 Å². The van der Waals surface area contributed by atoms with Gasteiger partial charge in [0, 0.05) is 17.7 Å². The molecular weight excluding hydrogens is 330 g/mol. The largest absolute Gasteiger partial charge is 0.497 e. The van der Waals surface area contributed by atoms with E-state index >= 15 is 0 Å². The fourth-order valence-electron chi connectivity index (χ4n) is 2.44. The predicted molar refractivity (Wildman–Crippen MR) is 98.5 cm³/mol. The van der Waals surface area contributed by atoms with Gasteiger partial charge in [0.25, 0.3) is 5.91 Å². The molecule has 0 aromatic heterocycles. The number of carbonyl (C=O) groups is 2. The van der Waals surface area contributed by atoms with E-state index in [9.17, 15) is 9.59 Å². The topological polar surface area (TPSA) is 64.6 Å². The molecule has 3 rings (SSSR count). The molecule has 0 spiro atoms. The lowest BCUT2D eigenvalue weighted by Crippen LogP contribution is -2.33. The third kappa shape index (κ3) is 4.96. The van der Waals surface area contributed by atoms with Crippen LogP contribution in [0.5, 0.6) is 5.75 Å². The van der Waals surface area contributed by atoms with Gasteiger partial charge in [-0.25, -0.2) is 4.79 Å². The van der Waals surface area contributed by atoms with E-state index < -0.39 is 12.1 Å². The monoisotopic (exact) mass is 351 g/mol. The summed E-state index contributed by atoms with van der Waals surface area (Å²) in [6.07, 6.45) is 3.95. The van der Waals surface area contributed by atoms with Crippen LogP contribution in [-0.2, 0) is 14.3 Å². The predicted octanol–water partition coefficient (Wildman–Crippen LogP) is 3.27. The second-order valence-electron chi connectivity index (χ2n) is 6.12. The van der Waals surface area contributed by atoms with E-state index in [-0.39, 0.29) is 11.9 Å². The lowest BCUT2D eigenvalue weighted by atomic mass is 10.1. The van der Waals surface area contributed by atoms with Gasteiger partial charge in [-0.3, -0.25) is 4.79 Å². The summed E-state index contributed by atoms with van der Waals surface area (Å²) < 4.78 is 10.5. The Labute approximate surface area is 152 Å². The highest BCUT2D eigenvalue weighted by atomic mass is 16.5. The number of methoxy groups -OCH3 is 1. The summed E-state index contributed by atoms with van der Waals surface area (Å²) in [5.74, 6) is -0.115. The first-order valence-electron chi connectivity index (χ1n) is 8.54. The molecule has 5 nitrogen and oxygen atoms in total. The average Bonchev–Trinajstić information content (AvgIpc) is 3.49. The summed E-state index contributed by atoms with van der Waals surface area (Å²) in [4.78, 5) is 24.7. The van der Waals surface area contributed by atoms with E-state index in [4.69, 9.17) is 9.47 Å². The first-order chi connectivity index (χ1) is 12.7. The molecule has 5 heteroatoms. The van der Waals surface area contributed by atoms with Crippen molar-refractivity contribution in [1.82, 2.24) is 5.32 Å². The van der Waals surface area contributed by atoms with Crippen molar-refractivity contribution in [2.24, 2.45) is 0 Å². The van der Waals surface area contributed by atoms with Crippen LogP contribution in [0.15, 0.2) is 60.7 Å². The lowest BCUT2D eigenvalue weighted by Gasteiger charge is -2.17.